The van der Waals surface area contributed by atoms with E-state index in [0.29, 0.717) is 32.0 Å². The summed E-state index contributed by atoms with van der Waals surface area (Å²) in [5, 5.41) is 2.88. The predicted molar refractivity (Wildman–Crippen MR) is 88.8 cm³/mol. The predicted octanol–water partition coefficient (Wildman–Crippen LogP) is 1.52. The largest absolute Gasteiger partial charge is 0.381 e. The SMILES string of the molecule is CN(CCCNC(=O)C(N)C1CCOCC1)c1ccccc1F. The quantitative estimate of drug-likeness (QED) is 0.747. The van der Waals surface area contributed by atoms with Crippen LogP contribution in [0.5, 0.6) is 0 Å². The summed E-state index contributed by atoms with van der Waals surface area (Å²) in [7, 11) is 1.84. The van der Waals surface area contributed by atoms with Crippen molar-refractivity contribution in [2.24, 2.45) is 11.7 Å². The highest BCUT2D eigenvalue weighted by atomic mass is 19.1. The standard InChI is InChI=1S/C17H26FN3O2/c1-21(15-6-3-2-5-14(15)18)10-4-9-20-17(22)16(19)13-7-11-23-12-8-13/h2-3,5-6,13,16H,4,7-12,19H2,1H3,(H,20,22). The number of nitrogens with zero attached hydrogens (tertiary/aromatic N) is 1. The maximum absolute atomic E-state index is 13.7. The molecule has 1 aliphatic heterocycles. The van der Waals surface area contributed by atoms with Crippen molar-refractivity contribution in [3.05, 3.63) is 30.1 Å². The number of carbonyl (C=O) groups is 1. The summed E-state index contributed by atoms with van der Waals surface area (Å²) >= 11 is 0. The third-order valence-electron chi connectivity index (χ3n) is 4.31. The summed E-state index contributed by atoms with van der Waals surface area (Å²) in [6, 6.07) is 6.20. The monoisotopic (exact) mass is 323 g/mol. The van der Waals surface area contributed by atoms with Gasteiger partial charge in [-0.3, -0.25) is 4.79 Å². The van der Waals surface area contributed by atoms with Gasteiger partial charge in [0.2, 0.25) is 5.91 Å². The molecule has 0 bridgehead atoms. The minimum Gasteiger partial charge on any atom is -0.381 e. The molecule has 1 aromatic carbocycles. The number of amides is 1. The van der Waals surface area contributed by atoms with E-state index in [9.17, 15) is 9.18 Å². The minimum absolute atomic E-state index is 0.106. The van der Waals surface area contributed by atoms with Crippen LogP contribution in [-0.2, 0) is 9.53 Å². The number of anilines is 1. The number of carbonyl (C=O) groups excluding carboxylic acids is 1. The van der Waals surface area contributed by atoms with Gasteiger partial charge in [-0.25, -0.2) is 4.39 Å². The van der Waals surface area contributed by atoms with Crippen LogP contribution in [0.25, 0.3) is 0 Å². The molecule has 23 heavy (non-hydrogen) atoms. The molecule has 128 valence electrons. The highest BCUT2D eigenvalue weighted by Crippen LogP contribution is 2.18. The average Bonchev–Trinajstić information content (AvgIpc) is 2.58. The fourth-order valence-corrected chi connectivity index (χ4v) is 2.82. The molecule has 3 N–H and O–H groups in total. The molecule has 6 heteroatoms. The van der Waals surface area contributed by atoms with Crippen LogP contribution in [0.15, 0.2) is 24.3 Å². The van der Waals surface area contributed by atoms with Gasteiger partial charge in [-0.1, -0.05) is 12.1 Å². The Morgan fingerprint density at radius 3 is 2.83 bits per heavy atom. The van der Waals surface area contributed by atoms with Crippen LogP contribution in [-0.4, -0.2) is 45.3 Å². The van der Waals surface area contributed by atoms with Crippen LogP contribution in [0.3, 0.4) is 0 Å². The van der Waals surface area contributed by atoms with Crippen LogP contribution >= 0.6 is 0 Å². The van der Waals surface area contributed by atoms with Crippen molar-refractivity contribution in [1.29, 1.82) is 0 Å². The molecule has 1 heterocycles. The Morgan fingerprint density at radius 2 is 2.13 bits per heavy atom. The molecule has 1 saturated heterocycles. The van der Waals surface area contributed by atoms with Crippen LogP contribution in [0.2, 0.25) is 0 Å². The van der Waals surface area contributed by atoms with Gasteiger partial charge in [0.1, 0.15) is 5.82 Å². The second kappa shape index (κ2) is 8.84. The van der Waals surface area contributed by atoms with Crippen molar-refractivity contribution in [3.8, 4) is 0 Å². The van der Waals surface area contributed by atoms with E-state index >= 15 is 0 Å². The van der Waals surface area contributed by atoms with Gasteiger partial charge in [-0.15, -0.1) is 0 Å². The summed E-state index contributed by atoms with van der Waals surface area (Å²) in [6.45, 7) is 2.56. The van der Waals surface area contributed by atoms with Gasteiger partial charge in [0, 0.05) is 33.4 Å². The number of hydrogen-bond donors (Lipinski definition) is 2. The molecule has 5 nitrogen and oxygen atoms in total. The molecule has 1 fully saturated rings. The van der Waals surface area contributed by atoms with Gasteiger partial charge in [-0.05, 0) is 37.3 Å². The van der Waals surface area contributed by atoms with Crippen molar-refractivity contribution in [3.63, 3.8) is 0 Å². The first kappa shape index (κ1) is 17.7. The zero-order chi connectivity index (χ0) is 16.7. The van der Waals surface area contributed by atoms with Crippen molar-refractivity contribution >= 4 is 11.6 Å². The lowest BCUT2D eigenvalue weighted by Gasteiger charge is -2.27. The van der Waals surface area contributed by atoms with Gasteiger partial charge in [0.15, 0.2) is 0 Å². The van der Waals surface area contributed by atoms with Crippen LogP contribution in [0.1, 0.15) is 19.3 Å². The van der Waals surface area contributed by atoms with Crippen LogP contribution in [0.4, 0.5) is 10.1 Å². The summed E-state index contributed by atoms with van der Waals surface area (Å²) in [5.41, 5.74) is 6.58. The summed E-state index contributed by atoms with van der Waals surface area (Å²) in [4.78, 5) is 13.9. The Kier molecular flexibility index (Phi) is 6.80. The first-order chi connectivity index (χ1) is 11.1. The topological polar surface area (TPSA) is 67.6 Å². The number of benzene rings is 1. The number of ether oxygens (including phenoxy) is 1. The Labute approximate surface area is 137 Å². The summed E-state index contributed by atoms with van der Waals surface area (Å²) in [5.74, 6) is -0.143. The number of para-hydroxylation sites is 1. The van der Waals surface area contributed by atoms with Gasteiger partial charge >= 0.3 is 0 Å². The Balaban J connectivity index is 1.68. The third-order valence-corrected chi connectivity index (χ3v) is 4.31. The normalized spacial score (nSPS) is 16.8. The second-order valence-electron chi connectivity index (χ2n) is 5.99. The van der Waals surface area contributed by atoms with Gasteiger partial charge < -0.3 is 20.7 Å². The van der Waals surface area contributed by atoms with Gasteiger partial charge in [0.05, 0.1) is 11.7 Å². The fraction of sp³-hybridized carbons (Fsp3) is 0.588. The smallest absolute Gasteiger partial charge is 0.237 e. The second-order valence-corrected chi connectivity index (χ2v) is 5.99. The highest BCUT2D eigenvalue weighted by Gasteiger charge is 2.26. The lowest BCUT2D eigenvalue weighted by Crippen LogP contribution is -2.47. The molecule has 0 radical (unpaired) electrons. The molecule has 0 aliphatic carbocycles. The molecule has 1 atom stereocenters. The van der Waals surface area contributed by atoms with E-state index in [2.05, 4.69) is 5.32 Å². The van der Waals surface area contributed by atoms with E-state index in [1.165, 1.54) is 6.07 Å². The number of rotatable bonds is 7. The van der Waals surface area contributed by atoms with E-state index in [1.807, 2.05) is 18.0 Å². The fourth-order valence-electron chi connectivity index (χ4n) is 2.82. The maximum Gasteiger partial charge on any atom is 0.237 e. The van der Waals surface area contributed by atoms with E-state index in [4.69, 9.17) is 10.5 Å². The lowest BCUT2D eigenvalue weighted by atomic mass is 9.92. The van der Waals surface area contributed by atoms with Crippen molar-refractivity contribution in [2.75, 3.05) is 38.3 Å². The molecule has 2 rings (SSSR count). The number of halogens is 1. The van der Waals surface area contributed by atoms with Gasteiger partial charge in [0.25, 0.3) is 0 Å². The van der Waals surface area contributed by atoms with Crippen molar-refractivity contribution in [1.82, 2.24) is 5.32 Å². The van der Waals surface area contributed by atoms with E-state index in [-0.39, 0.29) is 17.6 Å². The zero-order valence-corrected chi connectivity index (χ0v) is 13.6. The molecule has 0 spiro atoms. The summed E-state index contributed by atoms with van der Waals surface area (Å²) < 4.78 is 18.9. The average molecular weight is 323 g/mol. The molecule has 1 aromatic rings. The maximum atomic E-state index is 13.7. The molecular formula is C17H26FN3O2. The molecule has 1 unspecified atom stereocenters. The molecule has 0 aromatic heterocycles. The molecule has 0 saturated carbocycles. The van der Waals surface area contributed by atoms with E-state index in [1.54, 1.807) is 12.1 Å². The lowest BCUT2D eigenvalue weighted by molar-refractivity contribution is -0.124. The molecular weight excluding hydrogens is 297 g/mol. The van der Waals surface area contributed by atoms with Crippen molar-refractivity contribution < 1.29 is 13.9 Å². The number of hydrogen-bond acceptors (Lipinski definition) is 4. The first-order valence-corrected chi connectivity index (χ1v) is 8.16. The van der Waals surface area contributed by atoms with E-state index < -0.39 is 6.04 Å². The molecule has 1 aliphatic rings. The van der Waals surface area contributed by atoms with Crippen LogP contribution < -0.4 is 16.0 Å². The van der Waals surface area contributed by atoms with Crippen molar-refractivity contribution in [2.45, 2.75) is 25.3 Å². The van der Waals surface area contributed by atoms with Gasteiger partial charge in [-0.2, -0.15) is 0 Å². The van der Waals surface area contributed by atoms with Crippen LogP contribution in [0, 0.1) is 11.7 Å². The first-order valence-electron chi connectivity index (χ1n) is 8.16. The third kappa shape index (κ3) is 5.18. The Hall–Kier alpha value is -1.66. The number of nitrogens with one attached hydrogen (secondary N) is 1. The zero-order valence-electron chi connectivity index (χ0n) is 13.6. The Bertz CT molecular complexity index is 506. The summed E-state index contributed by atoms with van der Waals surface area (Å²) in [6.07, 6.45) is 2.41. The highest BCUT2D eigenvalue weighted by molar-refractivity contribution is 5.81. The van der Waals surface area contributed by atoms with E-state index in [0.717, 1.165) is 19.3 Å². The Morgan fingerprint density at radius 1 is 1.43 bits per heavy atom. The minimum atomic E-state index is -0.469. The molecule has 1 amide bonds. The number of nitrogens with two attached hydrogens (primary N) is 1.